The molecule has 0 aromatic heterocycles. The Morgan fingerprint density at radius 1 is 1.13 bits per heavy atom. The number of fused-ring (bicyclic) bond motifs is 1. The van der Waals surface area contributed by atoms with Crippen molar-refractivity contribution in [3.05, 3.63) is 59.7 Å². The van der Waals surface area contributed by atoms with Crippen LogP contribution in [0.5, 0.6) is 0 Å². The maximum atomic E-state index is 13.2. The fraction of sp³-hybridized carbons (Fsp3) is 0.556. The van der Waals surface area contributed by atoms with Crippen LogP contribution in [0.1, 0.15) is 64.9 Å². The molecule has 0 radical (unpaired) electrons. The van der Waals surface area contributed by atoms with Crippen LogP contribution >= 0.6 is 0 Å². The van der Waals surface area contributed by atoms with Gasteiger partial charge in [0, 0.05) is 17.9 Å². The number of nitrogens with one attached hydrogen (secondary N) is 1. The summed E-state index contributed by atoms with van der Waals surface area (Å²) >= 11 is 0. The van der Waals surface area contributed by atoms with Crippen LogP contribution in [0, 0.1) is 28.6 Å². The molecule has 1 aromatic rings. The van der Waals surface area contributed by atoms with Crippen molar-refractivity contribution in [1.82, 2.24) is 5.32 Å². The Balaban J connectivity index is 1.46. The van der Waals surface area contributed by atoms with Crippen molar-refractivity contribution in [3.8, 4) is 0 Å². The third kappa shape index (κ3) is 3.79. The first-order valence-corrected chi connectivity index (χ1v) is 11.6. The molecule has 3 nitrogen and oxygen atoms in total. The Labute approximate surface area is 181 Å². The van der Waals surface area contributed by atoms with Crippen molar-refractivity contribution in [2.45, 2.75) is 65.8 Å². The number of benzene rings is 1. The second-order valence-corrected chi connectivity index (χ2v) is 10.1. The van der Waals surface area contributed by atoms with Crippen molar-refractivity contribution in [1.29, 1.82) is 0 Å². The monoisotopic (exact) mass is 405 g/mol. The Kier molecular flexibility index (Phi) is 5.74. The summed E-state index contributed by atoms with van der Waals surface area (Å²) in [5, 5.41) is 3.21. The number of ketones is 1. The van der Waals surface area contributed by atoms with E-state index in [0.29, 0.717) is 18.4 Å². The summed E-state index contributed by atoms with van der Waals surface area (Å²) in [5.74, 6) is 1.62. The molecule has 3 aliphatic rings. The molecule has 5 unspecified atom stereocenters. The Morgan fingerprint density at radius 2 is 1.90 bits per heavy atom. The molecule has 3 aliphatic carbocycles. The molecule has 0 saturated heterocycles. The quantitative estimate of drug-likeness (QED) is 0.691. The number of allylic oxidation sites excluding steroid dienone is 4. The molecule has 1 N–H and O–H groups in total. The number of hydrogen-bond acceptors (Lipinski definition) is 2. The lowest BCUT2D eigenvalue weighted by Gasteiger charge is -2.46. The summed E-state index contributed by atoms with van der Waals surface area (Å²) in [6, 6.07) is 10.2. The minimum Gasteiger partial charge on any atom is -0.352 e. The molecular weight excluding hydrogens is 370 g/mol. The van der Waals surface area contributed by atoms with Gasteiger partial charge in [-0.05, 0) is 73.5 Å². The van der Waals surface area contributed by atoms with Gasteiger partial charge in [0.15, 0.2) is 5.78 Å². The maximum Gasteiger partial charge on any atom is 0.223 e. The standard InChI is InChI=1S/C27H35NO2/c1-4-27(3)23(20-10-11-21-16-22(29)14-15-26(21,2)17-20)12-13-24(27)25(30)28-18-19-8-6-5-7-9-19/h5-9,14-16,20,23-24H,4,10-13,17-18H2,1-3H3,(H,28,30). The summed E-state index contributed by atoms with van der Waals surface area (Å²) < 4.78 is 0. The van der Waals surface area contributed by atoms with Gasteiger partial charge in [0.2, 0.25) is 5.91 Å². The van der Waals surface area contributed by atoms with Gasteiger partial charge in [0.1, 0.15) is 0 Å². The van der Waals surface area contributed by atoms with Gasteiger partial charge >= 0.3 is 0 Å². The predicted molar refractivity (Wildman–Crippen MR) is 121 cm³/mol. The molecule has 1 amide bonds. The van der Waals surface area contributed by atoms with E-state index in [1.165, 1.54) is 5.57 Å². The summed E-state index contributed by atoms with van der Waals surface area (Å²) in [7, 11) is 0. The van der Waals surface area contributed by atoms with E-state index >= 15 is 0 Å². The van der Waals surface area contributed by atoms with E-state index < -0.39 is 0 Å². The molecule has 0 heterocycles. The normalized spacial score (nSPS) is 35.6. The van der Waals surface area contributed by atoms with Crippen molar-refractivity contribution in [3.63, 3.8) is 0 Å². The van der Waals surface area contributed by atoms with Crippen LogP contribution in [0.2, 0.25) is 0 Å². The van der Waals surface area contributed by atoms with Gasteiger partial charge in [-0.25, -0.2) is 0 Å². The van der Waals surface area contributed by atoms with Crippen LogP contribution in [-0.2, 0) is 16.1 Å². The Morgan fingerprint density at radius 3 is 2.63 bits per heavy atom. The highest BCUT2D eigenvalue weighted by Gasteiger charge is 2.52. The maximum absolute atomic E-state index is 13.2. The fourth-order valence-electron chi connectivity index (χ4n) is 6.53. The molecule has 1 aromatic carbocycles. The molecule has 0 bridgehead atoms. The van der Waals surface area contributed by atoms with Crippen LogP contribution in [0.25, 0.3) is 0 Å². The van der Waals surface area contributed by atoms with Gasteiger partial charge in [0.05, 0.1) is 0 Å². The van der Waals surface area contributed by atoms with Crippen LogP contribution in [-0.4, -0.2) is 11.7 Å². The van der Waals surface area contributed by atoms with Crippen molar-refractivity contribution in [2.75, 3.05) is 0 Å². The molecule has 4 rings (SSSR count). The van der Waals surface area contributed by atoms with Gasteiger partial charge in [-0.15, -0.1) is 0 Å². The lowest BCUT2D eigenvalue weighted by atomic mass is 9.58. The number of hydrogen-bond donors (Lipinski definition) is 1. The third-order valence-electron chi connectivity index (χ3n) is 8.50. The van der Waals surface area contributed by atoms with Crippen LogP contribution in [0.3, 0.4) is 0 Å². The van der Waals surface area contributed by atoms with Gasteiger partial charge in [0.25, 0.3) is 0 Å². The molecule has 0 aliphatic heterocycles. The molecule has 5 atom stereocenters. The van der Waals surface area contributed by atoms with E-state index in [1.807, 2.05) is 24.3 Å². The number of rotatable bonds is 5. The summed E-state index contributed by atoms with van der Waals surface area (Å²) in [6.45, 7) is 7.50. The largest absolute Gasteiger partial charge is 0.352 e. The van der Waals surface area contributed by atoms with E-state index in [4.69, 9.17) is 0 Å². The zero-order chi connectivity index (χ0) is 21.4. The molecule has 30 heavy (non-hydrogen) atoms. The summed E-state index contributed by atoms with van der Waals surface area (Å²) in [4.78, 5) is 25.0. The van der Waals surface area contributed by atoms with Crippen LogP contribution in [0.15, 0.2) is 54.1 Å². The van der Waals surface area contributed by atoms with Gasteiger partial charge in [-0.1, -0.05) is 62.8 Å². The van der Waals surface area contributed by atoms with E-state index in [-0.39, 0.29) is 28.4 Å². The van der Waals surface area contributed by atoms with Gasteiger partial charge in [-0.2, -0.15) is 0 Å². The van der Waals surface area contributed by atoms with E-state index in [0.717, 1.165) is 44.1 Å². The zero-order valence-electron chi connectivity index (χ0n) is 18.6. The lowest BCUT2D eigenvalue weighted by molar-refractivity contribution is -0.129. The SMILES string of the molecule is CCC1(C)C(C(=O)NCc2ccccc2)CCC1C1CCC2=CC(=O)C=CC2(C)C1. The van der Waals surface area contributed by atoms with E-state index in [2.05, 4.69) is 44.3 Å². The van der Waals surface area contributed by atoms with Crippen molar-refractivity contribution in [2.24, 2.45) is 28.6 Å². The third-order valence-corrected chi connectivity index (χ3v) is 8.50. The molecule has 160 valence electrons. The minimum atomic E-state index is 0.0130. The average molecular weight is 406 g/mol. The Bertz CT molecular complexity index is 870. The first-order valence-electron chi connectivity index (χ1n) is 11.6. The summed E-state index contributed by atoms with van der Waals surface area (Å²) in [5.41, 5.74) is 2.51. The first kappa shape index (κ1) is 21.1. The lowest BCUT2D eigenvalue weighted by Crippen LogP contribution is -2.43. The molecule has 0 spiro atoms. The molecule has 2 saturated carbocycles. The highest BCUT2D eigenvalue weighted by atomic mass is 16.2. The average Bonchev–Trinajstić information content (AvgIpc) is 3.10. The molecule has 3 heteroatoms. The molecular formula is C27H35NO2. The number of carbonyl (C=O) groups excluding carboxylic acids is 2. The van der Waals surface area contributed by atoms with Crippen molar-refractivity contribution >= 4 is 11.7 Å². The fourth-order valence-corrected chi connectivity index (χ4v) is 6.53. The predicted octanol–water partition coefficient (Wildman–Crippen LogP) is 5.62. The van der Waals surface area contributed by atoms with Crippen molar-refractivity contribution < 1.29 is 9.59 Å². The number of amides is 1. The first-order chi connectivity index (χ1) is 14.4. The van der Waals surface area contributed by atoms with Crippen LogP contribution < -0.4 is 5.32 Å². The van der Waals surface area contributed by atoms with Gasteiger partial charge < -0.3 is 5.32 Å². The second-order valence-electron chi connectivity index (χ2n) is 10.1. The minimum absolute atomic E-state index is 0.0130. The Hall–Kier alpha value is -2.16. The molecule has 2 fully saturated rings. The summed E-state index contributed by atoms with van der Waals surface area (Å²) in [6.07, 6.45) is 12.2. The van der Waals surface area contributed by atoms with Crippen LogP contribution in [0.4, 0.5) is 0 Å². The topological polar surface area (TPSA) is 46.2 Å². The van der Waals surface area contributed by atoms with E-state index in [9.17, 15) is 9.59 Å². The van der Waals surface area contributed by atoms with E-state index in [1.54, 1.807) is 6.08 Å². The highest BCUT2D eigenvalue weighted by Crippen LogP contribution is 2.58. The highest BCUT2D eigenvalue weighted by molar-refractivity contribution is 6.01. The second kappa shape index (κ2) is 8.17. The zero-order valence-corrected chi connectivity index (χ0v) is 18.6. The smallest absolute Gasteiger partial charge is 0.223 e. The number of carbonyl (C=O) groups is 2. The van der Waals surface area contributed by atoms with Gasteiger partial charge in [-0.3, -0.25) is 9.59 Å².